The second-order valence-corrected chi connectivity index (χ2v) is 3.48. The first-order valence-corrected chi connectivity index (χ1v) is 4.79. The first kappa shape index (κ1) is 10.2. The van der Waals surface area contributed by atoms with Crippen molar-refractivity contribution in [1.29, 1.82) is 0 Å². The van der Waals surface area contributed by atoms with Gasteiger partial charge in [0.1, 0.15) is 0 Å². The van der Waals surface area contributed by atoms with E-state index >= 15 is 0 Å². The van der Waals surface area contributed by atoms with E-state index in [0.29, 0.717) is 5.56 Å². The predicted octanol–water partition coefficient (Wildman–Crippen LogP) is 1.28. The monoisotopic (exact) mass is 216 g/mol. The van der Waals surface area contributed by atoms with Crippen LogP contribution >= 0.6 is 0 Å². The molecule has 1 aromatic heterocycles. The van der Waals surface area contributed by atoms with Crippen LogP contribution in [0.1, 0.15) is 11.1 Å². The molecular weight excluding hydrogens is 204 g/mol. The average molecular weight is 216 g/mol. The van der Waals surface area contributed by atoms with Crippen LogP contribution in [-0.2, 0) is 0 Å². The van der Waals surface area contributed by atoms with E-state index in [1.165, 1.54) is 0 Å². The summed E-state index contributed by atoms with van der Waals surface area (Å²) in [7, 11) is 0. The van der Waals surface area contributed by atoms with E-state index in [-0.39, 0.29) is 5.84 Å². The van der Waals surface area contributed by atoms with Gasteiger partial charge in [-0.25, -0.2) is 4.98 Å². The molecule has 0 saturated carbocycles. The number of imidazole rings is 1. The maximum absolute atomic E-state index is 8.72. The number of amidine groups is 1. The number of aromatic nitrogens is 2. The van der Waals surface area contributed by atoms with Gasteiger partial charge in [-0.15, -0.1) is 0 Å². The van der Waals surface area contributed by atoms with Crippen molar-refractivity contribution in [2.24, 2.45) is 10.9 Å². The average Bonchev–Trinajstić information content (AvgIpc) is 2.81. The molecule has 0 spiro atoms. The highest BCUT2D eigenvalue weighted by atomic mass is 16.4. The fourth-order valence-electron chi connectivity index (χ4n) is 1.53. The van der Waals surface area contributed by atoms with E-state index < -0.39 is 0 Å². The lowest BCUT2D eigenvalue weighted by Crippen LogP contribution is -2.16. The van der Waals surface area contributed by atoms with Gasteiger partial charge in [0, 0.05) is 18.0 Å². The summed E-state index contributed by atoms with van der Waals surface area (Å²) in [4.78, 5) is 3.97. The second kappa shape index (κ2) is 4.06. The summed E-state index contributed by atoms with van der Waals surface area (Å²) in [6, 6.07) is 5.68. The van der Waals surface area contributed by atoms with Crippen molar-refractivity contribution in [3.63, 3.8) is 0 Å². The van der Waals surface area contributed by atoms with Crippen LogP contribution < -0.4 is 5.73 Å². The predicted molar refractivity (Wildman–Crippen MR) is 60.8 cm³/mol. The molecule has 1 aromatic carbocycles. The van der Waals surface area contributed by atoms with Crippen molar-refractivity contribution in [3.8, 4) is 5.69 Å². The fourth-order valence-corrected chi connectivity index (χ4v) is 1.53. The van der Waals surface area contributed by atoms with Crippen molar-refractivity contribution < 1.29 is 5.21 Å². The van der Waals surface area contributed by atoms with Gasteiger partial charge < -0.3 is 15.5 Å². The number of hydrogen-bond donors (Lipinski definition) is 2. The van der Waals surface area contributed by atoms with Crippen molar-refractivity contribution >= 4 is 5.84 Å². The van der Waals surface area contributed by atoms with E-state index in [9.17, 15) is 0 Å². The van der Waals surface area contributed by atoms with Gasteiger partial charge in [0.25, 0.3) is 0 Å². The zero-order chi connectivity index (χ0) is 11.5. The quantitative estimate of drug-likeness (QED) is 0.343. The smallest absolute Gasteiger partial charge is 0.172 e. The van der Waals surface area contributed by atoms with Crippen LogP contribution in [0.15, 0.2) is 42.1 Å². The Morgan fingerprint density at radius 1 is 1.50 bits per heavy atom. The van der Waals surface area contributed by atoms with Gasteiger partial charge in [0.2, 0.25) is 0 Å². The SMILES string of the molecule is Cc1ccc(C(N)=NO)c(-n2ccnc2)c1. The third kappa shape index (κ3) is 1.75. The normalized spacial score (nSPS) is 11.7. The molecule has 0 amide bonds. The van der Waals surface area contributed by atoms with Gasteiger partial charge in [0.15, 0.2) is 5.84 Å². The number of oxime groups is 1. The fraction of sp³-hybridized carbons (Fsp3) is 0.0909. The molecule has 0 radical (unpaired) electrons. The largest absolute Gasteiger partial charge is 0.409 e. The molecule has 5 nitrogen and oxygen atoms in total. The van der Waals surface area contributed by atoms with E-state index in [4.69, 9.17) is 10.9 Å². The Hall–Kier alpha value is -2.30. The van der Waals surface area contributed by atoms with Crippen LogP contribution in [0.5, 0.6) is 0 Å². The Balaban J connectivity index is 2.62. The molecule has 0 unspecified atom stereocenters. The summed E-state index contributed by atoms with van der Waals surface area (Å²) in [6.45, 7) is 1.98. The van der Waals surface area contributed by atoms with Crippen LogP contribution in [0.3, 0.4) is 0 Å². The highest BCUT2D eigenvalue weighted by molar-refractivity contribution is 6.00. The molecule has 0 saturated heterocycles. The van der Waals surface area contributed by atoms with E-state index in [0.717, 1.165) is 11.3 Å². The number of nitrogens with two attached hydrogens (primary N) is 1. The Bertz CT molecular complexity index is 517. The molecule has 2 aromatic rings. The van der Waals surface area contributed by atoms with Gasteiger partial charge in [-0.05, 0) is 24.6 Å². The summed E-state index contributed by atoms with van der Waals surface area (Å²) in [5.74, 6) is 0.0868. The summed E-state index contributed by atoms with van der Waals surface area (Å²) in [5.41, 5.74) is 8.23. The Kier molecular flexibility index (Phi) is 2.59. The van der Waals surface area contributed by atoms with Crippen LogP contribution in [-0.4, -0.2) is 20.6 Å². The van der Waals surface area contributed by atoms with Crippen molar-refractivity contribution in [2.45, 2.75) is 6.92 Å². The minimum atomic E-state index is 0.0868. The zero-order valence-corrected chi connectivity index (χ0v) is 8.83. The highest BCUT2D eigenvalue weighted by Gasteiger charge is 2.08. The lowest BCUT2D eigenvalue weighted by atomic mass is 10.1. The van der Waals surface area contributed by atoms with Crippen LogP contribution in [0.2, 0.25) is 0 Å². The van der Waals surface area contributed by atoms with Crippen molar-refractivity contribution in [1.82, 2.24) is 9.55 Å². The Morgan fingerprint density at radius 3 is 2.94 bits per heavy atom. The van der Waals surface area contributed by atoms with Gasteiger partial charge in [-0.1, -0.05) is 11.2 Å². The summed E-state index contributed by atoms with van der Waals surface area (Å²) >= 11 is 0. The van der Waals surface area contributed by atoms with Gasteiger partial charge in [-0.3, -0.25) is 0 Å². The summed E-state index contributed by atoms with van der Waals surface area (Å²) in [6.07, 6.45) is 5.16. The molecule has 2 rings (SSSR count). The standard InChI is InChI=1S/C11H12N4O/c1-8-2-3-9(11(12)14-16)10(6-8)15-5-4-13-7-15/h2-7,16H,1H3,(H2,12,14). The number of nitrogens with zero attached hydrogens (tertiary/aromatic N) is 3. The van der Waals surface area contributed by atoms with Gasteiger partial charge in [-0.2, -0.15) is 0 Å². The van der Waals surface area contributed by atoms with E-state index in [1.807, 2.05) is 35.9 Å². The first-order chi connectivity index (χ1) is 7.72. The summed E-state index contributed by atoms with van der Waals surface area (Å²) in [5, 5.41) is 11.7. The molecule has 0 aliphatic rings. The first-order valence-electron chi connectivity index (χ1n) is 4.79. The molecule has 0 aliphatic carbocycles. The molecule has 0 aliphatic heterocycles. The van der Waals surface area contributed by atoms with Crippen LogP contribution in [0, 0.1) is 6.92 Å². The number of benzene rings is 1. The molecule has 1 heterocycles. The van der Waals surface area contributed by atoms with E-state index in [1.54, 1.807) is 12.5 Å². The molecule has 3 N–H and O–H groups in total. The second-order valence-electron chi connectivity index (χ2n) is 3.48. The number of aryl methyl sites for hydroxylation is 1. The Morgan fingerprint density at radius 2 is 2.31 bits per heavy atom. The number of rotatable bonds is 2. The van der Waals surface area contributed by atoms with Crippen LogP contribution in [0.25, 0.3) is 5.69 Å². The van der Waals surface area contributed by atoms with Gasteiger partial charge in [0.05, 0.1) is 12.0 Å². The van der Waals surface area contributed by atoms with Gasteiger partial charge >= 0.3 is 0 Å². The lowest BCUT2D eigenvalue weighted by Gasteiger charge is -2.09. The summed E-state index contributed by atoms with van der Waals surface area (Å²) < 4.78 is 1.82. The third-order valence-electron chi connectivity index (χ3n) is 2.32. The Labute approximate surface area is 92.8 Å². The minimum absolute atomic E-state index is 0.0868. The minimum Gasteiger partial charge on any atom is -0.409 e. The molecule has 82 valence electrons. The molecule has 16 heavy (non-hydrogen) atoms. The maximum atomic E-state index is 8.72. The van der Waals surface area contributed by atoms with Crippen molar-refractivity contribution in [3.05, 3.63) is 48.0 Å². The van der Waals surface area contributed by atoms with Crippen LogP contribution in [0.4, 0.5) is 0 Å². The topological polar surface area (TPSA) is 76.4 Å². The molecular formula is C11H12N4O. The lowest BCUT2D eigenvalue weighted by molar-refractivity contribution is 0.318. The zero-order valence-electron chi connectivity index (χ0n) is 8.83. The number of hydrogen-bond acceptors (Lipinski definition) is 3. The molecule has 0 fully saturated rings. The molecule has 5 heteroatoms. The third-order valence-corrected chi connectivity index (χ3v) is 2.32. The molecule has 0 atom stereocenters. The molecule has 0 bridgehead atoms. The highest BCUT2D eigenvalue weighted by Crippen LogP contribution is 2.16. The van der Waals surface area contributed by atoms with E-state index in [2.05, 4.69) is 10.1 Å². The van der Waals surface area contributed by atoms with Crippen molar-refractivity contribution in [2.75, 3.05) is 0 Å². The maximum Gasteiger partial charge on any atom is 0.172 e.